The quantitative estimate of drug-likeness (QED) is 0.878. The summed E-state index contributed by atoms with van der Waals surface area (Å²) in [6, 6.07) is 10.0. The fourth-order valence-electron chi connectivity index (χ4n) is 4.63. The largest absolute Gasteiger partial charge is 0.343 e. The monoisotopic (exact) mass is 341 g/mol. The van der Waals surface area contributed by atoms with Gasteiger partial charge in [-0.1, -0.05) is 43.2 Å². The smallest absolute Gasteiger partial charge is 0.245 e. The van der Waals surface area contributed by atoms with Gasteiger partial charge < -0.3 is 15.5 Å². The summed E-state index contributed by atoms with van der Waals surface area (Å²) in [5.41, 5.74) is 1.13. The summed E-state index contributed by atoms with van der Waals surface area (Å²) in [6.07, 6.45) is 6.59. The van der Waals surface area contributed by atoms with Crippen LogP contribution in [0.4, 0.5) is 0 Å². The first-order chi connectivity index (χ1) is 12.2. The Hall–Kier alpha value is -1.88. The number of nitrogens with zero attached hydrogens (tertiary/aromatic N) is 1. The van der Waals surface area contributed by atoms with Crippen molar-refractivity contribution in [1.29, 1.82) is 0 Å². The summed E-state index contributed by atoms with van der Waals surface area (Å²) in [5, 5.41) is 6.50. The fraction of sp³-hybridized carbons (Fsp3) is 0.600. The highest BCUT2D eigenvalue weighted by atomic mass is 16.2. The van der Waals surface area contributed by atoms with Gasteiger partial charge >= 0.3 is 0 Å². The number of carbonyl (C=O) groups is 2. The number of rotatable bonds is 4. The Balaban J connectivity index is 1.31. The number of hydrogen-bond donors (Lipinski definition) is 2. The van der Waals surface area contributed by atoms with E-state index in [1.54, 1.807) is 0 Å². The Morgan fingerprint density at radius 3 is 2.76 bits per heavy atom. The van der Waals surface area contributed by atoms with E-state index in [9.17, 15) is 9.59 Å². The Morgan fingerprint density at radius 2 is 1.96 bits per heavy atom. The maximum Gasteiger partial charge on any atom is 0.245 e. The number of likely N-dealkylation sites (tertiary alicyclic amines) is 1. The second-order valence-electron chi connectivity index (χ2n) is 7.70. The van der Waals surface area contributed by atoms with Crippen LogP contribution in [0.25, 0.3) is 0 Å². The zero-order chi connectivity index (χ0) is 17.2. The van der Waals surface area contributed by atoms with Gasteiger partial charge in [0, 0.05) is 19.1 Å². The Bertz CT molecular complexity index is 619. The average molecular weight is 341 g/mol. The van der Waals surface area contributed by atoms with Crippen molar-refractivity contribution in [3.8, 4) is 0 Å². The van der Waals surface area contributed by atoms with Crippen molar-refractivity contribution in [3.63, 3.8) is 0 Å². The van der Waals surface area contributed by atoms with E-state index in [0.29, 0.717) is 31.5 Å². The zero-order valence-electron chi connectivity index (χ0n) is 14.6. The van der Waals surface area contributed by atoms with Crippen molar-refractivity contribution < 1.29 is 9.59 Å². The molecule has 25 heavy (non-hydrogen) atoms. The molecule has 2 N–H and O–H groups in total. The van der Waals surface area contributed by atoms with Crippen LogP contribution in [0, 0.1) is 5.92 Å². The van der Waals surface area contributed by atoms with Crippen LogP contribution in [-0.2, 0) is 16.1 Å². The minimum Gasteiger partial charge on any atom is -0.343 e. The normalized spacial score (nSPS) is 31.8. The Kier molecular flexibility index (Phi) is 4.75. The summed E-state index contributed by atoms with van der Waals surface area (Å²) in [5.74, 6) is 0.695. The van der Waals surface area contributed by atoms with E-state index in [2.05, 4.69) is 10.6 Å². The molecule has 4 atom stereocenters. The molecule has 2 saturated heterocycles. The van der Waals surface area contributed by atoms with E-state index in [4.69, 9.17) is 0 Å². The van der Waals surface area contributed by atoms with Crippen LogP contribution in [0.15, 0.2) is 30.3 Å². The molecule has 0 bridgehead atoms. The molecule has 2 aliphatic heterocycles. The first-order valence-electron chi connectivity index (χ1n) is 9.60. The van der Waals surface area contributed by atoms with Crippen molar-refractivity contribution in [2.45, 2.75) is 63.2 Å². The highest BCUT2D eigenvalue weighted by molar-refractivity contribution is 5.91. The zero-order valence-corrected chi connectivity index (χ0v) is 14.6. The highest BCUT2D eigenvalue weighted by Crippen LogP contribution is 2.33. The molecule has 5 nitrogen and oxygen atoms in total. The van der Waals surface area contributed by atoms with E-state index in [-0.39, 0.29) is 23.9 Å². The molecule has 1 saturated carbocycles. The molecule has 0 radical (unpaired) electrons. The summed E-state index contributed by atoms with van der Waals surface area (Å²) in [6.45, 7) is 1.33. The predicted octanol–water partition coefficient (Wildman–Crippen LogP) is 1.82. The fourth-order valence-corrected chi connectivity index (χ4v) is 4.63. The lowest BCUT2D eigenvalue weighted by molar-refractivity contribution is -0.133. The minimum atomic E-state index is -0.361. The first-order valence-corrected chi connectivity index (χ1v) is 9.60. The van der Waals surface area contributed by atoms with Gasteiger partial charge in [-0.15, -0.1) is 0 Å². The number of nitrogens with one attached hydrogen (secondary N) is 2. The SMILES string of the molecule is O=C(NC1CCN(Cc2ccccc2)C1=O)C1CC2CCCCC2N1. The van der Waals surface area contributed by atoms with Gasteiger partial charge in [-0.25, -0.2) is 0 Å². The maximum atomic E-state index is 12.6. The van der Waals surface area contributed by atoms with Crippen LogP contribution >= 0.6 is 0 Å². The van der Waals surface area contributed by atoms with Crippen molar-refractivity contribution in [3.05, 3.63) is 35.9 Å². The van der Waals surface area contributed by atoms with Gasteiger partial charge in [-0.3, -0.25) is 9.59 Å². The van der Waals surface area contributed by atoms with Gasteiger partial charge in [0.05, 0.1) is 6.04 Å². The molecule has 5 heteroatoms. The predicted molar refractivity (Wildman–Crippen MR) is 95.7 cm³/mol. The topological polar surface area (TPSA) is 61.4 Å². The van der Waals surface area contributed by atoms with Crippen LogP contribution in [0.1, 0.15) is 44.1 Å². The molecular formula is C20H27N3O2. The molecule has 1 aromatic rings. The third kappa shape index (κ3) is 3.56. The molecule has 134 valence electrons. The molecule has 2 amide bonds. The summed E-state index contributed by atoms with van der Waals surface area (Å²) >= 11 is 0. The molecular weight excluding hydrogens is 314 g/mol. The van der Waals surface area contributed by atoms with Gasteiger partial charge in [0.2, 0.25) is 11.8 Å². The van der Waals surface area contributed by atoms with Gasteiger partial charge in [-0.2, -0.15) is 0 Å². The first kappa shape index (κ1) is 16.6. The van der Waals surface area contributed by atoms with Gasteiger partial charge in [0.15, 0.2) is 0 Å². The van der Waals surface area contributed by atoms with E-state index >= 15 is 0 Å². The maximum absolute atomic E-state index is 12.6. The second-order valence-corrected chi connectivity index (χ2v) is 7.70. The number of hydrogen-bond acceptors (Lipinski definition) is 3. The van der Waals surface area contributed by atoms with E-state index in [0.717, 1.165) is 12.0 Å². The molecule has 3 aliphatic rings. The summed E-state index contributed by atoms with van der Waals surface area (Å²) < 4.78 is 0. The second kappa shape index (κ2) is 7.16. The summed E-state index contributed by atoms with van der Waals surface area (Å²) in [4.78, 5) is 27.1. The lowest BCUT2D eigenvalue weighted by Crippen LogP contribution is -2.49. The highest BCUT2D eigenvalue weighted by Gasteiger charge is 2.40. The molecule has 1 aromatic carbocycles. The van der Waals surface area contributed by atoms with Crippen molar-refractivity contribution in [1.82, 2.24) is 15.5 Å². The van der Waals surface area contributed by atoms with Gasteiger partial charge in [0.25, 0.3) is 0 Å². The molecule has 4 unspecified atom stereocenters. The lowest BCUT2D eigenvalue weighted by atomic mass is 9.85. The molecule has 4 rings (SSSR count). The average Bonchev–Trinajstić information content (AvgIpc) is 3.21. The van der Waals surface area contributed by atoms with E-state index in [1.165, 1.54) is 25.7 Å². The lowest BCUT2D eigenvalue weighted by Gasteiger charge is -2.24. The molecule has 1 aliphatic carbocycles. The number of benzene rings is 1. The van der Waals surface area contributed by atoms with Crippen LogP contribution in [0.2, 0.25) is 0 Å². The van der Waals surface area contributed by atoms with E-state index < -0.39 is 0 Å². The van der Waals surface area contributed by atoms with E-state index in [1.807, 2.05) is 35.2 Å². The molecule has 0 spiro atoms. The number of amides is 2. The van der Waals surface area contributed by atoms with Gasteiger partial charge in [-0.05, 0) is 37.2 Å². The third-order valence-corrected chi connectivity index (χ3v) is 6.01. The third-order valence-electron chi connectivity index (χ3n) is 6.01. The van der Waals surface area contributed by atoms with Crippen LogP contribution in [0.5, 0.6) is 0 Å². The summed E-state index contributed by atoms with van der Waals surface area (Å²) in [7, 11) is 0. The Morgan fingerprint density at radius 1 is 1.16 bits per heavy atom. The number of fused-ring (bicyclic) bond motifs is 1. The van der Waals surface area contributed by atoms with Crippen molar-refractivity contribution >= 4 is 11.8 Å². The van der Waals surface area contributed by atoms with Crippen LogP contribution in [0.3, 0.4) is 0 Å². The minimum absolute atomic E-state index is 0.00862. The van der Waals surface area contributed by atoms with Crippen LogP contribution in [-0.4, -0.2) is 41.4 Å². The molecule has 3 fully saturated rings. The van der Waals surface area contributed by atoms with Crippen molar-refractivity contribution in [2.24, 2.45) is 5.92 Å². The number of carbonyl (C=O) groups excluding carboxylic acids is 2. The Labute approximate surface area is 149 Å². The van der Waals surface area contributed by atoms with Gasteiger partial charge in [0.1, 0.15) is 6.04 Å². The van der Waals surface area contributed by atoms with Crippen LogP contribution < -0.4 is 10.6 Å². The molecule has 2 heterocycles. The molecule has 0 aromatic heterocycles. The van der Waals surface area contributed by atoms with Crippen molar-refractivity contribution in [2.75, 3.05) is 6.54 Å². The standard InChI is InChI=1S/C20H27N3O2/c24-19(18-12-15-8-4-5-9-16(15)21-18)22-17-10-11-23(20(17)25)13-14-6-2-1-3-7-14/h1-3,6-7,15-18,21H,4-5,8-13H2,(H,22,24).